The van der Waals surface area contributed by atoms with Crippen LogP contribution in [0.15, 0.2) is 11.2 Å². The molecule has 56 valence electrons. The molecule has 1 aliphatic heterocycles. The smallest absolute Gasteiger partial charge is 0.222 e. The Balaban J connectivity index is 2.58. The summed E-state index contributed by atoms with van der Waals surface area (Å²) in [5, 5.41) is 0. The zero-order valence-corrected chi connectivity index (χ0v) is 5.53. The van der Waals surface area contributed by atoms with E-state index in [2.05, 4.69) is 15.0 Å². The molecule has 11 heavy (non-hydrogen) atoms. The summed E-state index contributed by atoms with van der Waals surface area (Å²) in [5.41, 5.74) is 5.65. The molecule has 0 bridgehead atoms. The molecule has 0 spiro atoms. The van der Waals surface area contributed by atoms with Crippen LogP contribution in [0.3, 0.4) is 0 Å². The number of aromatic nitrogens is 2. The van der Waals surface area contributed by atoms with E-state index in [1.165, 1.54) is 12.4 Å². The second-order valence-corrected chi connectivity index (χ2v) is 2.19. The van der Waals surface area contributed by atoms with Gasteiger partial charge in [0.05, 0.1) is 5.56 Å². The summed E-state index contributed by atoms with van der Waals surface area (Å²) < 4.78 is 12.8. The molecule has 1 atom stereocenters. The zero-order chi connectivity index (χ0) is 7.84. The lowest BCUT2D eigenvalue weighted by atomic mass is 10.2. The molecule has 2 heterocycles. The number of aliphatic imine (C=N–C) groups is 1. The van der Waals surface area contributed by atoms with Gasteiger partial charge < -0.3 is 5.73 Å². The van der Waals surface area contributed by atoms with Gasteiger partial charge in [-0.1, -0.05) is 0 Å². The molecule has 0 radical (unpaired) electrons. The van der Waals surface area contributed by atoms with Gasteiger partial charge in [-0.2, -0.15) is 4.98 Å². The molecule has 2 rings (SSSR count). The van der Waals surface area contributed by atoms with Gasteiger partial charge >= 0.3 is 0 Å². The van der Waals surface area contributed by atoms with E-state index in [0.717, 1.165) is 0 Å². The summed E-state index contributed by atoms with van der Waals surface area (Å²) in [6.45, 7) is 0. The third-order valence-corrected chi connectivity index (χ3v) is 1.44. The van der Waals surface area contributed by atoms with Crippen molar-refractivity contribution in [2.24, 2.45) is 4.99 Å². The van der Waals surface area contributed by atoms with Crippen LogP contribution in [0.25, 0.3) is 0 Å². The van der Waals surface area contributed by atoms with Gasteiger partial charge in [0.25, 0.3) is 0 Å². The molecule has 0 aliphatic carbocycles. The van der Waals surface area contributed by atoms with E-state index >= 15 is 0 Å². The summed E-state index contributed by atoms with van der Waals surface area (Å²) >= 11 is 0. The van der Waals surface area contributed by atoms with Crippen LogP contribution in [0.4, 0.5) is 16.2 Å². The van der Waals surface area contributed by atoms with Gasteiger partial charge in [-0.15, -0.1) is 0 Å². The van der Waals surface area contributed by atoms with E-state index in [0.29, 0.717) is 11.4 Å². The Bertz CT molecular complexity index is 322. The van der Waals surface area contributed by atoms with Crippen LogP contribution >= 0.6 is 0 Å². The van der Waals surface area contributed by atoms with Crippen molar-refractivity contribution in [1.29, 1.82) is 0 Å². The van der Waals surface area contributed by atoms with Crippen LogP contribution in [-0.4, -0.2) is 16.2 Å². The molecule has 1 aromatic rings. The molecule has 0 amide bonds. The number of hydrogen-bond donors (Lipinski definition) is 1. The topological polar surface area (TPSA) is 64.2 Å². The van der Waals surface area contributed by atoms with E-state index in [9.17, 15) is 4.39 Å². The van der Waals surface area contributed by atoms with Crippen LogP contribution < -0.4 is 5.73 Å². The first-order chi connectivity index (χ1) is 5.27. The Hall–Kier alpha value is -1.52. The predicted molar refractivity (Wildman–Crippen MR) is 38.4 cm³/mol. The lowest BCUT2D eigenvalue weighted by Crippen LogP contribution is -1.95. The van der Waals surface area contributed by atoms with Crippen molar-refractivity contribution >= 4 is 18.0 Å². The number of hydrogen-bond acceptors (Lipinski definition) is 4. The summed E-state index contributed by atoms with van der Waals surface area (Å²) in [7, 11) is 0. The molecule has 1 unspecified atom stereocenters. The SMILES string of the molecule is Nc1ncc2c(n1)N=CC2F. The Morgan fingerprint density at radius 1 is 1.55 bits per heavy atom. The normalized spacial score (nSPS) is 20.3. The highest BCUT2D eigenvalue weighted by atomic mass is 19.1. The highest BCUT2D eigenvalue weighted by molar-refractivity contribution is 5.77. The van der Waals surface area contributed by atoms with E-state index in [1.54, 1.807) is 0 Å². The lowest BCUT2D eigenvalue weighted by Gasteiger charge is -1.97. The van der Waals surface area contributed by atoms with Crippen LogP contribution in [-0.2, 0) is 0 Å². The molecule has 0 saturated carbocycles. The van der Waals surface area contributed by atoms with Crippen LogP contribution in [0.2, 0.25) is 0 Å². The number of anilines is 1. The highest BCUT2D eigenvalue weighted by Gasteiger charge is 2.19. The minimum atomic E-state index is -1.18. The van der Waals surface area contributed by atoms with Crippen molar-refractivity contribution in [1.82, 2.24) is 9.97 Å². The summed E-state index contributed by atoms with van der Waals surface area (Å²) in [6, 6.07) is 0. The zero-order valence-electron chi connectivity index (χ0n) is 5.53. The van der Waals surface area contributed by atoms with Crippen LogP contribution in [0.1, 0.15) is 11.7 Å². The Labute approximate surface area is 62.0 Å². The molecule has 1 aliphatic rings. The van der Waals surface area contributed by atoms with Crippen molar-refractivity contribution in [3.05, 3.63) is 11.8 Å². The minimum absolute atomic E-state index is 0.120. The van der Waals surface area contributed by atoms with Crippen molar-refractivity contribution in [2.75, 3.05) is 5.73 Å². The largest absolute Gasteiger partial charge is 0.368 e. The number of alkyl halides is 1. The fraction of sp³-hybridized carbons (Fsp3) is 0.167. The number of nitrogens with zero attached hydrogens (tertiary/aromatic N) is 3. The summed E-state index contributed by atoms with van der Waals surface area (Å²) in [6.07, 6.45) is 1.36. The average Bonchev–Trinajstić information content (AvgIpc) is 2.32. The van der Waals surface area contributed by atoms with Gasteiger partial charge in [-0.05, 0) is 0 Å². The second-order valence-electron chi connectivity index (χ2n) is 2.19. The van der Waals surface area contributed by atoms with E-state index in [-0.39, 0.29) is 5.95 Å². The maximum atomic E-state index is 12.8. The second kappa shape index (κ2) is 1.98. The van der Waals surface area contributed by atoms with Crippen LogP contribution in [0, 0.1) is 0 Å². The number of fused-ring (bicyclic) bond motifs is 1. The van der Waals surface area contributed by atoms with Gasteiger partial charge in [0.15, 0.2) is 12.0 Å². The summed E-state index contributed by atoms with van der Waals surface area (Å²) in [4.78, 5) is 11.1. The number of nitrogen functional groups attached to an aromatic ring is 1. The maximum Gasteiger partial charge on any atom is 0.222 e. The average molecular weight is 152 g/mol. The van der Waals surface area contributed by atoms with E-state index in [1.807, 2.05) is 0 Å². The van der Waals surface area contributed by atoms with Crippen LogP contribution in [0.5, 0.6) is 0 Å². The number of halogens is 1. The Morgan fingerprint density at radius 2 is 2.36 bits per heavy atom. The standard InChI is InChI=1S/C6H5FN4/c7-4-2-9-5-3(4)1-10-6(8)11-5/h1-2,4H,(H2,8,10,11). The molecule has 0 saturated heterocycles. The third kappa shape index (κ3) is 0.849. The molecule has 0 fully saturated rings. The fourth-order valence-electron chi connectivity index (χ4n) is 0.910. The predicted octanol–water partition coefficient (Wildman–Crippen LogP) is 0.785. The van der Waals surface area contributed by atoms with Gasteiger partial charge in [-0.3, -0.25) is 0 Å². The number of nitrogens with two attached hydrogens (primary N) is 1. The van der Waals surface area contributed by atoms with Gasteiger partial charge in [0.2, 0.25) is 5.95 Å². The van der Waals surface area contributed by atoms with Gasteiger partial charge in [0, 0.05) is 12.4 Å². The van der Waals surface area contributed by atoms with Crippen molar-refractivity contribution < 1.29 is 4.39 Å². The Kier molecular flexibility index (Phi) is 1.12. The fourth-order valence-corrected chi connectivity index (χ4v) is 0.910. The molecule has 2 N–H and O–H groups in total. The molecule has 1 aromatic heterocycles. The molecule has 5 heteroatoms. The Morgan fingerprint density at radius 3 is 3.18 bits per heavy atom. The molecular weight excluding hydrogens is 147 g/mol. The summed E-state index contributed by atoms with van der Waals surface area (Å²) in [5.74, 6) is 0.458. The van der Waals surface area contributed by atoms with Gasteiger partial charge in [-0.25, -0.2) is 14.4 Å². The van der Waals surface area contributed by atoms with Gasteiger partial charge in [0.1, 0.15) is 0 Å². The van der Waals surface area contributed by atoms with Crippen molar-refractivity contribution in [3.8, 4) is 0 Å². The third-order valence-electron chi connectivity index (χ3n) is 1.44. The molecular formula is C6H5FN4. The quantitative estimate of drug-likeness (QED) is 0.597. The minimum Gasteiger partial charge on any atom is -0.368 e. The maximum absolute atomic E-state index is 12.8. The van der Waals surface area contributed by atoms with E-state index < -0.39 is 6.17 Å². The first-order valence-electron chi connectivity index (χ1n) is 3.08. The highest BCUT2D eigenvalue weighted by Crippen LogP contribution is 2.30. The van der Waals surface area contributed by atoms with E-state index in [4.69, 9.17) is 5.73 Å². The first kappa shape index (κ1) is 6.21. The van der Waals surface area contributed by atoms with Crippen molar-refractivity contribution in [2.45, 2.75) is 6.17 Å². The number of rotatable bonds is 0. The van der Waals surface area contributed by atoms with Crippen molar-refractivity contribution in [3.63, 3.8) is 0 Å². The lowest BCUT2D eigenvalue weighted by molar-refractivity contribution is 0.451. The molecule has 4 nitrogen and oxygen atoms in total. The molecule has 0 aromatic carbocycles. The monoisotopic (exact) mass is 152 g/mol. The first-order valence-corrected chi connectivity index (χ1v) is 3.08.